The summed E-state index contributed by atoms with van der Waals surface area (Å²) in [7, 11) is 0. The van der Waals surface area contributed by atoms with Crippen molar-refractivity contribution < 1.29 is 0 Å². The Morgan fingerprint density at radius 3 is 2.24 bits per heavy atom. The Labute approximate surface area is 173 Å². The van der Waals surface area contributed by atoms with Gasteiger partial charge in [-0.2, -0.15) is 0 Å². The molecule has 0 amide bonds. The Hall–Kier alpha value is -3.23. The van der Waals surface area contributed by atoms with Crippen LogP contribution < -0.4 is 0 Å². The molecule has 2 heteroatoms. The van der Waals surface area contributed by atoms with Crippen molar-refractivity contribution in [2.75, 3.05) is 0 Å². The van der Waals surface area contributed by atoms with Gasteiger partial charge in [0, 0.05) is 26.4 Å². The number of aryl methyl sites for hydroxylation is 2. The maximum absolute atomic E-state index is 5.19. The lowest BCUT2D eigenvalue weighted by Gasteiger charge is -2.13. The molecule has 1 nitrogen and oxygen atoms in total. The zero-order valence-corrected chi connectivity index (χ0v) is 17.2. The summed E-state index contributed by atoms with van der Waals surface area (Å²) in [5.74, 6) is 0. The fraction of sp³-hybridized carbons (Fsp3) is 0.0741. The lowest BCUT2D eigenvalue weighted by atomic mass is 9.94. The van der Waals surface area contributed by atoms with Gasteiger partial charge in [0.25, 0.3) is 0 Å². The predicted molar refractivity (Wildman–Crippen MR) is 127 cm³/mol. The summed E-state index contributed by atoms with van der Waals surface area (Å²) >= 11 is 1.85. The minimum absolute atomic E-state index is 1.06. The second kappa shape index (κ2) is 6.13. The van der Waals surface area contributed by atoms with Gasteiger partial charge in [0.05, 0.1) is 15.9 Å². The Kier molecular flexibility index (Phi) is 3.53. The molecule has 0 bridgehead atoms. The van der Waals surface area contributed by atoms with Gasteiger partial charge in [0.1, 0.15) is 0 Å². The van der Waals surface area contributed by atoms with Gasteiger partial charge in [-0.3, -0.25) is 0 Å². The van der Waals surface area contributed by atoms with Crippen LogP contribution in [-0.4, -0.2) is 4.98 Å². The van der Waals surface area contributed by atoms with E-state index in [1.807, 2.05) is 11.3 Å². The average Bonchev–Trinajstić information content (AvgIpc) is 3.14. The Bertz CT molecular complexity index is 1560. The summed E-state index contributed by atoms with van der Waals surface area (Å²) in [5.41, 5.74) is 6.00. The number of fused-ring (bicyclic) bond motifs is 6. The van der Waals surface area contributed by atoms with Crippen LogP contribution >= 0.6 is 11.3 Å². The number of hydrogen-bond donors (Lipinski definition) is 0. The van der Waals surface area contributed by atoms with E-state index in [9.17, 15) is 0 Å². The van der Waals surface area contributed by atoms with Crippen molar-refractivity contribution >= 4 is 53.2 Å². The van der Waals surface area contributed by atoms with E-state index >= 15 is 0 Å². The Balaban J connectivity index is 1.85. The fourth-order valence-electron chi connectivity index (χ4n) is 4.62. The quantitative estimate of drug-likeness (QED) is 0.277. The molecule has 0 fully saturated rings. The zero-order chi connectivity index (χ0) is 19.5. The zero-order valence-electron chi connectivity index (χ0n) is 16.4. The van der Waals surface area contributed by atoms with Crippen LogP contribution in [0.25, 0.3) is 53.1 Å². The van der Waals surface area contributed by atoms with Crippen LogP contribution in [0.5, 0.6) is 0 Å². The first-order valence-electron chi connectivity index (χ1n) is 9.91. The molecule has 0 aliphatic carbocycles. The SMILES string of the molecule is Cc1cccc2c(-c3nc4ccccc4c4c3sc3ccccc34)ccc(C)c12. The first kappa shape index (κ1) is 16.7. The van der Waals surface area contributed by atoms with Crippen molar-refractivity contribution in [2.24, 2.45) is 0 Å². The van der Waals surface area contributed by atoms with Crippen LogP contribution in [0.15, 0.2) is 78.9 Å². The molecule has 138 valence electrons. The molecule has 0 saturated carbocycles. The van der Waals surface area contributed by atoms with Gasteiger partial charge in [-0.15, -0.1) is 11.3 Å². The molecule has 0 radical (unpaired) electrons. The van der Waals surface area contributed by atoms with Crippen molar-refractivity contribution in [3.63, 3.8) is 0 Å². The normalized spacial score (nSPS) is 11.8. The van der Waals surface area contributed by atoms with Gasteiger partial charge in [-0.05, 0) is 47.9 Å². The van der Waals surface area contributed by atoms with E-state index < -0.39 is 0 Å². The van der Waals surface area contributed by atoms with Crippen molar-refractivity contribution in [3.8, 4) is 11.3 Å². The summed E-state index contributed by atoms with van der Waals surface area (Å²) in [4.78, 5) is 5.19. The molecule has 0 spiro atoms. The molecular formula is C27H19NS. The number of pyridine rings is 1. The lowest BCUT2D eigenvalue weighted by Crippen LogP contribution is -1.91. The lowest BCUT2D eigenvalue weighted by molar-refractivity contribution is 1.42. The van der Waals surface area contributed by atoms with Crippen LogP contribution in [0.1, 0.15) is 11.1 Å². The number of para-hydroxylation sites is 1. The smallest absolute Gasteiger partial charge is 0.0894 e. The van der Waals surface area contributed by atoms with E-state index in [1.165, 1.54) is 53.0 Å². The van der Waals surface area contributed by atoms with E-state index in [0.29, 0.717) is 0 Å². The van der Waals surface area contributed by atoms with Crippen molar-refractivity contribution in [3.05, 3.63) is 90.0 Å². The maximum atomic E-state index is 5.19. The second-order valence-electron chi connectivity index (χ2n) is 7.71. The minimum Gasteiger partial charge on any atom is -0.246 e. The number of rotatable bonds is 1. The van der Waals surface area contributed by atoms with Crippen LogP contribution in [0.3, 0.4) is 0 Å². The highest BCUT2D eigenvalue weighted by Gasteiger charge is 2.17. The van der Waals surface area contributed by atoms with Crippen LogP contribution in [0.2, 0.25) is 0 Å². The summed E-state index contributed by atoms with van der Waals surface area (Å²) in [6.07, 6.45) is 0. The average molecular weight is 390 g/mol. The predicted octanol–water partition coefficient (Wildman–Crippen LogP) is 8.04. The minimum atomic E-state index is 1.06. The highest BCUT2D eigenvalue weighted by molar-refractivity contribution is 7.26. The Morgan fingerprint density at radius 1 is 0.621 bits per heavy atom. The van der Waals surface area contributed by atoms with Crippen molar-refractivity contribution in [2.45, 2.75) is 13.8 Å². The summed E-state index contributed by atoms with van der Waals surface area (Å²) < 4.78 is 2.59. The van der Waals surface area contributed by atoms with Crippen LogP contribution in [0.4, 0.5) is 0 Å². The first-order chi connectivity index (χ1) is 14.2. The van der Waals surface area contributed by atoms with Gasteiger partial charge in [-0.25, -0.2) is 4.98 Å². The van der Waals surface area contributed by atoms with E-state index in [0.717, 1.165) is 11.2 Å². The first-order valence-corrected chi connectivity index (χ1v) is 10.7. The molecular weight excluding hydrogens is 370 g/mol. The molecule has 0 aliphatic heterocycles. The van der Waals surface area contributed by atoms with E-state index in [4.69, 9.17) is 4.98 Å². The van der Waals surface area contributed by atoms with Crippen molar-refractivity contribution in [1.29, 1.82) is 0 Å². The number of aromatic nitrogens is 1. The second-order valence-corrected chi connectivity index (χ2v) is 8.76. The molecule has 2 aromatic heterocycles. The molecule has 0 aliphatic rings. The van der Waals surface area contributed by atoms with E-state index in [1.54, 1.807) is 0 Å². The summed E-state index contributed by atoms with van der Waals surface area (Å²) in [6, 6.07) is 28.3. The number of benzene rings is 4. The maximum Gasteiger partial charge on any atom is 0.0894 e. The number of thiophene rings is 1. The van der Waals surface area contributed by atoms with Gasteiger partial charge in [0.15, 0.2) is 0 Å². The van der Waals surface area contributed by atoms with E-state index in [2.05, 4.69) is 92.7 Å². The van der Waals surface area contributed by atoms with Crippen LogP contribution in [-0.2, 0) is 0 Å². The molecule has 2 heterocycles. The Morgan fingerprint density at radius 2 is 1.34 bits per heavy atom. The molecule has 0 unspecified atom stereocenters. The standard InChI is InChI=1S/C27H19NS/c1-16-8-7-11-18-19(15-14-17(2)24(16)18)26-27-25(20-9-3-5-12-22(20)28-26)21-10-4-6-13-23(21)29-27/h3-15H,1-2H3. The van der Waals surface area contributed by atoms with E-state index in [-0.39, 0.29) is 0 Å². The van der Waals surface area contributed by atoms with Gasteiger partial charge in [-0.1, -0.05) is 66.7 Å². The highest BCUT2D eigenvalue weighted by atomic mass is 32.1. The molecule has 0 atom stereocenters. The third-order valence-electron chi connectivity index (χ3n) is 5.93. The van der Waals surface area contributed by atoms with Gasteiger partial charge < -0.3 is 0 Å². The monoisotopic (exact) mass is 389 g/mol. The molecule has 4 aromatic carbocycles. The molecule has 29 heavy (non-hydrogen) atoms. The van der Waals surface area contributed by atoms with Gasteiger partial charge >= 0.3 is 0 Å². The molecule has 0 N–H and O–H groups in total. The number of nitrogens with zero attached hydrogens (tertiary/aromatic N) is 1. The van der Waals surface area contributed by atoms with Crippen molar-refractivity contribution in [1.82, 2.24) is 4.98 Å². The molecule has 6 rings (SSSR count). The topological polar surface area (TPSA) is 12.9 Å². The fourth-order valence-corrected chi connectivity index (χ4v) is 5.84. The molecule has 0 saturated heterocycles. The van der Waals surface area contributed by atoms with Crippen LogP contribution in [0, 0.1) is 13.8 Å². The largest absolute Gasteiger partial charge is 0.246 e. The van der Waals surface area contributed by atoms with Gasteiger partial charge in [0.2, 0.25) is 0 Å². The number of hydrogen-bond acceptors (Lipinski definition) is 2. The highest BCUT2D eigenvalue weighted by Crippen LogP contribution is 2.44. The summed E-state index contributed by atoms with van der Waals surface area (Å²) in [6.45, 7) is 4.39. The third-order valence-corrected chi connectivity index (χ3v) is 7.11. The third kappa shape index (κ3) is 2.36. The molecule has 6 aromatic rings. The summed E-state index contributed by atoms with van der Waals surface area (Å²) in [5, 5.41) is 6.50.